The van der Waals surface area contributed by atoms with E-state index in [1.165, 1.54) is 12.8 Å². The summed E-state index contributed by atoms with van der Waals surface area (Å²) in [6.07, 6.45) is 8.07. The molecule has 0 amide bonds. The van der Waals surface area contributed by atoms with E-state index in [1.807, 2.05) is 0 Å². The highest BCUT2D eigenvalue weighted by Gasteiger charge is 2.50. The monoisotopic (exact) mass is 189 g/mol. The summed E-state index contributed by atoms with van der Waals surface area (Å²) in [7, 11) is 0. The largest absolute Gasteiger partial charge is 0.198 e. The fourth-order valence-electron chi connectivity index (χ4n) is 3.13. The van der Waals surface area contributed by atoms with E-state index in [-0.39, 0.29) is 0 Å². The van der Waals surface area contributed by atoms with Crippen LogP contribution in [0.4, 0.5) is 0 Å². The minimum absolute atomic E-state index is 0.552. The first-order valence-corrected chi connectivity index (χ1v) is 5.72. The molecule has 3 rings (SSSR count). The Morgan fingerprint density at radius 2 is 2.36 bits per heavy atom. The van der Waals surface area contributed by atoms with Gasteiger partial charge in [-0.1, -0.05) is 25.5 Å². The summed E-state index contributed by atoms with van der Waals surface area (Å²) in [5.41, 5.74) is 2.20. The summed E-state index contributed by atoms with van der Waals surface area (Å²) >= 11 is 0. The average Bonchev–Trinajstić information content (AvgIpc) is 2.18. The molecule has 2 bridgehead atoms. The maximum atomic E-state index is 8.50. The zero-order valence-electron chi connectivity index (χ0n) is 9.21. The van der Waals surface area contributed by atoms with Crippen LogP contribution >= 0.6 is 0 Å². The Morgan fingerprint density at radius 3 is 2.93 bits per heavy atom. The van der Waals surface area contributed by atoms with Crippen molar-refractivity contribution in [1.82, 2.24) is 0 Å². The summed E-state index contributed by atoms with van der Waals surface area (Å²) in [4.78, 5) is 0. The fourth-order valence-corrected chi connectivity index (χ4v) is 3.13. The minimum Gasteiger partial charge on any atom is -0.198 e. The minimum atomic E-state index is 0.552. The van der Waals surface area contributed by atoms with Gasteiger partial charge in [0.15, 0.2) is 0 Å². The van der Waals surface area contributed by atoms with Crippen LogP contribution in [0, 0.1) is 28.6 Å². The van der Waals surface area contributed by atoms with Crippen molar-refractivity contribution in [3.63, 3.8) is 0 Å². The molecule has 2 atom stereocenters. The number of nitrogens with zero attached hydrogens (tertiary/aromatic N) is 1. The van der Waals surface area contributed by atoms with Crippen LogP contribution in [0.2, 0.25) is 0 Å². The molecule has 0 aliphatic heterocycles. The van der Waals surface area contributed by atoms with Crippen molar-refractivity contribution in [2.45, 2.75) is 46.0 Å². The van der Waals surface area contributed by atoms with E-state index in [1.54, 1.807) is 5.57 Å². The van der Waals surface area contributed by atoms with Gasteiger partial charge in [-0.3, -0.25) is 0 Å². The maximum Gasteiger partial charge on any atom is 0.0621 e. The molecule has 0 radical (unpaired) electrons. The Kier molecular flexibility index (Phi) is 2.39. The van der Waals surface area contributed by atoms with E-state index in [2.05, 4.69) is 26.0 Å². The first kappa shape index (κ1) is 9.77. The van der Waals surface area contributed by atoms with Crippen molar-refractivity contribution in [3.05, 3.63) is 11.6 Å². The van der Waals surface area contributed by atoms with Crippen molar-refractivity contribution in [3.8, 4) is 6.07 Å². The van der Waals surface area contributed by atoms with Gasteiger partial charge >= 0.3 is 0 Å². The van der Waals surface area contributed by atoms with E-state index in [4.69, 9.17) is 5.26 Å². The van der Waals surface area contributed by atoms with Crippen LogP contribution < -0.4 is 0 Å². The SMILES string of the molecule is CC1(C)[C@H]2CC=C(CCCC#N)[C@@H]1C2. The molecule has 0 spiro atoms. The second kappa shape index (κ2) is 3.42. The van der Waals surface area contributed by atoms with Gasteiger partial charge in [-0.2, -0.15) is 5.26 Å². The van der Waals surface area contributed by atoms with Crippen molar-refractivity contribution in [1.29, 1.82) is 5.26 Å². The Balaban J connectivity index is 1.94. The number of hydrogen-bond acceptors (Lipinski definition) is 1. The van der Waals surface area contributed by atoms with Crippen molar-refractivity contribution >= 4 is 0 Å². The smallest absolute Gasteiger partial charge is 0.0621 e. The predicted molar refractivity (Wildman–Crippen MR) is 57.5 cm³/mol. The maximum absolute atomic E-state index is 8.50. The second-order valence-corrected chi connectivity index (χ2v) is 5.33. The molecule has 76 valence electrons. The molecule has 1 saturated carbocycles. The molecule has 3 aliphatic carbocycles. The highest BCUT2D eigenvalue weighted by molar-refractivity contribution is 5.23. The molecule has 14 heavy (non-hydrogen) atoms. The van der Waals surface area contributed by atoms with Crippen molar-refractivity contribution in [2.24, 2.45) is 17.3 Å². The first-order chi connectivity index (χ1) is 6.66. The van der Waals surface area contributed by atoms with Gasteiger partial charge in [-0.15, -0.1) is 0 Å². The lowest BCUT2D eigenvalue weighted by Gasteiger charge is -2.56. The zero-order chi connectivity index (χ0) is 10.2. The number of rotatable bonds is 3. The van der Waals surface area contributed by atoms with Gasteiger partial charge in [0, 0.05) is 6.42 Å². The van der Waals surface area contributed by atoms with E-state index >= 15 is 0 Å². The molecule has 0 heterocycles. The van der Waals surface area contributed by atoms with E-state index < -0.39 is 0 Å². The van der Waals surface area contributed by atoms with Gasteiger partial charge in [-0.25, -0.2) is 0 Å². The third-order valence-electron chi connectivity index (χ3n) is 4.34. The molecule has 1 heteroatoms. The Bertz CT molecular complexity index is 293. The van der Waals surface area contributed by atoms with Crippen molar-refractivity contribution in [2.75, 3.05) is 0 Å². The van der Waals surface area contributed by atoms with Crippen LogP contribution in [0.5, 0.6) is 0 Å². The molecule has 3 aliphatic rings. The lowest BCUT2D eigenvalue weighted by molar-refractivity contribution is -0.00832. The predicted octanol–water partition coefficient (Wildman–Crippen LogP) is 3.67. The fraction of sp³-hybridized carbons (Fsp3) is 0.769. The first-order valence-electron chi connectivity index (χ1n) is 5.72. The van der Waals surface area contributed by atoms with Gasteiger partial charge in [0.2, 0.25) is 0 Å². The topological polar surface area (TPSA) is 23.8 Å². The summed E-state index contributed by atoms with van der Waals surface area (Å²) in [5.74, 6) is 1.77. The molecule has 1 nitrogen and oxygen atoms in total. The zero-order valence-corrected chi connectivity index (χ0v) is 9.21. The van der Waals surface area contributed by atoms with Gasteiger partial charge in [0.25, 0.3) is 0 Å². The van der Waals surface area contributed by atoms with Crippen LogP contribution in [0.15, 0.2) is 11.6 Å². The van der Waals surface area contributed by atoms with E-state index in [0.29, 0.717) is 11.8 Å². The van der Waals surface area contributed by atoms with Crippen LogP contribution in [0.25, 0.3) is 0 Å². The molecule has 0 unspecified atom stereocenters. The number of hydrogen-bond donors (Lipinski definition) is 0. The average molecular weight is 189 g/mol. The van der Waals surface area contributed by atoms with Crippen LogP contribution in [0.3, 0.4) is 0 Å². The Hall–Kier alpha value is -0.770. The molecular formula is C13H19N. The van der Waals surface area contributed by atoms with E-state index in [9.17, 15) is 0 Å². The third-order valence-corrected chi connectivity index (χ3v) is 4.34. The van der Waals surface area contributed by atoms with Crippen molar-refractivity contribution < 1.29 is 0 Å². The molecule has 0 N–H and O–H groups in total. The molecule has 1 fully saturated rings. The number of allylic oxidation sites excluding steroid dienone is 2. The van der Waals surface area contributed by atoms with E-state index in [0.717, 1.165) is 24.7 Å². The normalized spacial score (nSPS) is 32.8. The summed E-state index contributed by atoms with van der Waals surface area (Å²) in [6, 6.07) is 2.23. The van der Waals surface area contributed by atoms with Crippen LogP contribution in [0.1, 0.15) is 46.0 Å². The summed E-state index contributed by atoms with van der Waals surface area (Å²) in [5, 5.41) is 8.50. The Labute approximate surface area is 86.8 Å². The quantitative estimate of drug-likeness (QED) is 0.491. The highest BCUT2D eigenvalue weighted by Crippen LogP contribution is 2.59. The molecule has 0 aromatic heterocycles. The number of fused-ring (bicyclic) bond motifs is 1. The lowest BCUT2D eigenvalue weighted by Crippen LogP contribution is -2.47. The number of unbranched alkanes of at least 4 members (excludes halogenated alkanes) is 1. The number of nitriles is 1. The van der Waals surface area contributed by atoms with Crippen LogP contribution in [-0.4, -0.2) is 0 Å². The Morgan fingerprint density at radius 1 is 1.57 bits per heavy atom. The van der Waals surface area contributed by atoms with Gasteiger partial charge < -0.3 is 0 Å². The molecular weight excluding hydrogens is 170 g/mol. The highest BCUT2D eigenvalue weighted by atomic mass is 14.5. The third kappa shape index (κ3) is 1.38. The van der Waals surface area contributed by atoms with Gasteiger partial charge in [-0.05, 0) is 42.9 Å². The molecule has 0 aromatic carbocycles. The molecule has 0 saturated heterocycles. The van der Waals surface area contributed by atoms with Crippen LogP contribution in [-0.2, 0) is 0 Å². The van der Waals surface area contributed by atoms with Gasteiger partial charge in [0.05, 0.1) is 6.07 Å². The standard InChI is InChI=1S/C13H19N/c1-13(2)11-7-6-10(12(13)9-11)5-3-4-8-14/h6,11-12H,3-5,7,9H2,1-2H3/t11-,12-/m0/s1. The summed E-state index contributed by atoms with van der Waals surface area (Å²) < 4.78 is 0. The lowest BCUT2D eigenvalue weighted by atomic mass is 9.48. The molecule has 0 aromatic rings. The second-order valence-electron chi connectivity index (χ2n) is 5.33. The van der Waals surface area contributed by atoms with Gasteiger partial charge in [0.1, 0.15) is 0 Å². The summed E-state index contributed by atoms with van der Waals surface area (Å²) in [6.45, 7) is 4.81.